The average molecular weight is 353 g/mol. The molecule has 0 aromatic heterocycles. The van der Waals surface area contributed by atoms with Gasteiger partial charge in [-0.1, -0.05) is 31.4 Å². The van der Waals surface area contributed by atoms with Crippen LogP contribution in [0.4, 0.5) is 0 Å². The van der Waals surface area contributed by atoms with E-state index < -0.39 is 10.0 Å². The maximum atomic E-state index is 11.9. The molecular weight excluding hydrogens is 324 g/mol. The average Bonchev–Trinajstić information content (AvgIpc) is 2.61. The highest BCUT2D eigenvalue weighted by Crippen LogP contribution is 2.17. The molecule has 0 saturated heterocycles. The molecule has 0 spiro atoms. The van der Waals surface area contributed by atoms with E-state index in [1.807, 2.05) is 13.0 Å². The smallest absolute Gasteiger partial charge is 0.240 e. The lowest BCUT2D eigenvalue weighted by Crippen LogP contribution is -2.44. The standard InChI is InChI=1S/C17H28N4O2S/c1-3-19-17(21-15-9-5-4-6-10-15)20-13-14-8-7-11-16(12-14)24(22,23)18-2/h7-8,11-12,15,18H,3-6,9-10,13H2,1-2H3,(H2,19,20,21). The van der Waals surface area contributed by atoms with E-state index in [2.05, 4.69) is 20.3 Å². The van der Waals surface area contributed by atoms with Crippen molar-refractivity contribution in [1.82, 2.24) is 15.4 Å². The number of guanidine groups is 1. The lowest BCUT2D eigenvalue weighted by atomic mass is 9.96. The highest BCUT2D eigenvalue weighted by atomic mass is 32.2. The van der Waals surface area contributed by atoms with Crippen molar-refractivity contribution in [3.05, 3.63) is 29.8 Å². The minimum Gasteiger partial charge on any atom is -0.357 e. The molecule has 2 rings (SSSR count). The molecule has 1 aromatic rings. The van der Waals surface area contributed by atoms with Crippen LogP contribution in [-0.2, 0) is 16.6 Å². The second-order valence-corrected chi connectivity index (χ2v) is 7.92. The first-order valence-corrected chi connectivity index (χ1v) is 10.1. The van der Waals surface area contributed by atoms with Crippen LogP contribution in [-0.4, -0.2) is 34.0 Å². The zero-order valence-electron chi connectivity index (χ0n) is 14.5. The van der Waals surface area contributed by atoms with E-state index in [1.165, 1.54) is 39.2 Å². The molecule has 24 heavy (non-hydrogen) atoms. The number of nitrogens with one attached hydrogen (secondary N) is 3. The first kappa shape index (κ1) is 18.7. The molecule has 0 radical (unpaired) electrons. The summed E-state index contributed by atoms with van der Waals surface area (Å²) in [5.41, 5.74) is 0.868. The summed E-state index contributed by atoms with van der Waals surface area (Å²) in [6, 6.07) is 7.37. The third kappa shape index (κ3) is 5.49. The maximum absolute atomic E-state index is 11.9. The summed E-state index contributed by atoms with van der Waals surface area (Å²) in [7, 11) is -2.01. The van der Waals surface area contributed by atoms with Gasteiger partial charge in [0.25, 0.3) is 0 Å². The molecule has 0 aliphatic heterocycles. The topological polar surface area (TPSA) is 82.6 Å². The number of hydrogen-bond acceptors (Lipinski definition) is 3. The minimum atomic E-state index is -3.42. The molecule has 6 nitrogen and oxygen atoms in total. The Morgan fingerprint density at radius 2 is 2.00 bits per heavy atom. The van der Waals surface area contributed by atoms with Crippen molar-refractivity contribution in [1.29, 1.82) is 0 Å². The van der Waals surface area contributed by atoms with Gasteiger partial charge in [0.2, 0.25) is 10.0 Å². The maximum Gasteiger partial charge on any atom is 0.240 e. The van der Waals surface area contributed by atoms with Gasteiger partial charge in [-0.25, -0.2) is 18.1 Å². The van der Waals surface area contributed by atoms with Gasteiger partial charge in [0.1, 0.15) is 0 Å². The molecule has 0 heterocycles. The van der Waals surface area contributed by atoms with Crippen LogP contribution in [0.15, 0.2) is 34.2 Å². The SMILES string of the molecule is CCNC(=NCc1cccc(S(=O)(=O)NC)c1)NC1CCCCC1. The summed E-state index contributed by atoms with van der Waals surface area (Å²) in [6.45, 7) is 3.28. The van der Waals surface area contributed by atoms with Gasteiger partial charge in [-0.3, -0.25) is 0 Å². The number of rotatable bonds is 6. The lowest BCUT2D eigenvalue weighted by Gasteiger charge is -2.24. The van der Waals surface area contributed by atoms with Gasteiger partial charge in [-0.15, -0.1) is 0 Å². The first-order valence-electron chi connectivity index (χ1n) is 8.62. The van der Waals surface area contributed by atoms with Crippen molar-refractivity contribution in [3.8, 4) is 0 Å². The fourth-order valence-electron chi connectivity index (χ4n) is 2.86. The second kappa shape index (κ2) is 9.03. The lowest BCUT2D eigenvalue weighted by molar-refractivity contribution is 0.410. The predicted octanol–water partition coefficient (Wildman–Crippen LogP) is 1.98. The summed E-state index contributed by atoms with van der Waals surface area (Å²) in [5.74, 6) is 0.797. The molecule has 7 heteroatoms. The largest absolute Gasteiger partial charge is 0.357 e. The zero-order chi connectivity index (χ0) is 17.4. The fourth-order valence-corrected chi connectivity index (χ4v) is 3.66. The van der Waals surface area contributed by atoms with E-state index in [1.54, 1.807) is 18.2 Å². The fraction of sp³-hybridized carbons (Fsp3) is 0.588. The number of nitrogens with zero attached hydrogens (tertiary/aromatic N) is 1. The van der Waals surface area contributed by atoms with Crippen molar-refractivity contribution >= 4 is 16.0 Å². The van der Waals surface area contributed by atoms with Crippen LogP contribution in [0.5, 0.6) is 0 Å². The molecule has 0 amide bonds. The Bertz CT molecular complexity index is 652. The van der Waals surface area contributed by atoms with Gasteiger partial charge in [0.05, 0.1) is 11.4 Å². The molecule has 0 atom stereocenters. The van der Waals surface area contributed by atoms with Crippen molar-refractivity contribution in [2.45, 2.75) is 56.5 Å². The van der Waals surface area contributed by atoms with Gasteiger partial charge >= 0.3 is 0 Å². The highest BCUT2D eigenvalue weighted by molar-refractivity contribution is 7.89. The van der Waals surface area contributed by atoms with Crippen LogP contribution >= 0.6 is 0 Å². The second-order valence-electron chi connectivity index (χ2n) is 6.03. The summed E-state index contributed by atoms with van der Waals surface area (Å²) in [6.07, 6.45) is 6.21. The molecule has 1 aromatic carbocycles. The van der Waals surface area contributed by atoms with Crippen molar-refractivity contribution < 1.29 is 8.42 Å². The third-order valence-electron chi connectivity index (χ3n) is 4.19. The summed E-state index contributed by atoms with van der Waals surface area (Å²) >= 11 is 0. The van der Waals surface area contributed by atoms with Gasteiger partial charge in [0, 0.05) is 12.6 Å². The quantitative estimate of drug-likeness (QED) is 0.540. The van der Waals surface area contributed by atoms with Crippen LogP contribution in [0.2, 0.25) is 0 Å². The van der Waals surface area contributed by atoms with Crippen LogP contribution in [0.3, 0.4) is 0 Å². The van der Waals surface area contributed by atoms with Crippen LogP contribution < -0.4 is 15.4 Å². The first-order chi connectivity index (χ1) is 11.5. The van der Waals surface area contributed by atoms with Gasteiger partial charge in [-0.2, -0.15) is 0 Å². The van der Waals surface area contributed by atoms with Crippen molar-refractivity contribution in [3.63, 3.8) is 0 Å². The highest BCUT2D eigenvalue weighted by Gasteiger charge is 2.14. The summed E-state index contributed by atoms with van der Waals surface area (Å²) in [4.78, 5) is 4.87. The van der Waals surface area contributed by atoms with Crippen LogP contribution in [0.25, 0.3) is 0 Å². The number of hydrogen-bond donors (Lipinski definition) is 3. The minimum absolute atomic E-state index is 0.267. The Kier molecular flexibility index (Phi) is 7.05. The monoisotopic (exact) mass is 352 g/mol. The van der Waals surface area contributed by atoms with Crippen molar-refractivity contribution in [2.24, 2.45) is 4.99 Å². The summed E-state index contributed by atoms with van der Waals surface area (Å²) in [5, 5.41) is 6.76. The molecular formula is C17H28N4O2S. The molecule has 0 bridgehead atoms. The van der Waals surface area contributed by atoms with E-state index >= 15 is 0 Å². The third-order valence-corrected chi connectivity index (χ3v) is 5.60. The Morgan fingerprint density at radius 3 is 2.67 bits per heavy atom. The van der Waals surface area contributed by atoms with Crippen molar-refractivity contribution in [2.75, 3.05) is 13.6 Å². The normalized spacial score (nSPS) is 16.8. The molecule has 1 aliphatic rings. The number of sulfonamides is 1. The molecule has 1 aliphatic carbocycles. The molecule has 1 fully saturated rings. The number of benzene rings is 1. The van der Waals surface area contributed by atoms with E-state index in [-0.39, 0.29) is 4.90 Å². The van der Waals surface area contributed by atoms with Gasteiger partial charge in [-0.05, 0) is 44.5 Å². The Morgan fingerprint density at radius 1 is 1.25 bits per heavy atom. The number of aliphatic imine (C=N–C) groups is 1. The van der Waals surface area contributed by atoms with E-state index in [4.69, 9.17) is 0 Å². The molecule has 0 unspecified atom stereocenters. The molecule has 134 valence electrons. The van der Waals surface area contributed by atoms with E-state index in [9.17, 15) is 8.42 Å². The molecule has 1 saturated carbocycles. The van der Waals surface area contributed by atoms with Crippen LogP contribution in [0, 0.1) is 0 Å². The van der Waals surface area contributed by atoms with E-state index in [0.29, 0.717) is 12.6 Å². The Labute approximate surface area is 145 Å². The Hall–Kier alpha value is -1.60. The van der Waals surface area contributed by atoms with Gasteiger partial charge in [0.15, 0.2) is 5.96 Å². The van der Waals surface area contributed by atoms with Crippen LogP contribution in [0.1, 0.15) is 44.6 Å². The zero-order valence-corrected chi connectivity index (χ0v) is 15.3. The summed E-state index contributed by atoms with van der Waals surface area (Å²) < 4.78 is 26.1. The predicted molar refractivity (Wildman–Crippen MR) is 97.5 cm³/mol. The Balaban J connectivity index is 2.06. The molecule has 3 N–H and O–H groups in total. The van der Waals surface area contributed by atoms with Gasteiger partial charge < -0.3 is 10.6 Å². The van der Waals surface area contributed by atoms with E-state index in [0.717, 1.165) is 18.1 Å².